The monoisotopic (exact) mass is 178 g/mol. The van der Waals surface area contributed by atoms with E-state index in [-0.39, 0.29) is 0 Å². The molecule has 0 saturated heterocycles. The van der Waals surface area contributed by atoms with Gasteiger partial charge in [0, 0.05) is 6.20 Å². The Labute approximate surface area is 73.0 Å². The fraction of sp³-hybridized carbons (Fsp3) is 0. The minimum absolute atomic E-state index is 0.344. The van der Waals surface area contributed by atoms with Crippen LogP contribution in [0.5, 0.6) is 0 Å². The summed E-state index contributed by atoms with van der Waals surface area (Å²) >= 11 is 5.64. The van der Waals surface area contributed by atoms with Crippen molar-refractivity contribution in [1.29, 1.82) is 5.26 Å². The third kappa shape index (κ3) is 0.917. The fourth-order valence-electron chi connectivity index (χ4n) is 0.948. The molecule has 0 aliphatic heterocycles. The molecule has 58 valence electrons. The van der Waals surface area contributed by atoms with Crippen LogP contribution in [-0.2, 0) is 0 Å². The maximum absolute atomic E-state index is 8.64. The van der Waals surface area contributed by atoms with Gasteiger partial charge in [0.15, 0.2) is 5.65 Å². The zero-order valence-electron chi connectivity index (χ0n) is 5.90. The predicted octanol–water partition coefficient (Wildman–Crippen LogP) is 1.25. The summed E-state index contributed by atoms with van der Waals surface area (Å²) in [5.74, 6) is 0. The fourth-order valence-corrected chi connectivity index (χ4v) is 1.09. The molecule has 0 aliphatic rings. The van der Waals surface area contributed by atoms with E-state index in [2.05, 4.69) is 9.97 Å². The second-order valence-electron chi connectivity index (χ2n) is 2.19. The highest BCUT2D eigenvalue weighted by molar-refractivity contribution is 6.29. The van der Waals surface area contributed by atoms with Gasteiger partial charge in [0.2, 0.25) is 0 Å². The first-order chi connectivity index (χ1) is 5.81. The van der Waals surface area contributed by atoms with E-state index in [0.29, 0.717) is 16.5 Å². The number of rotatable bonds is 0. The van der Waals surface area contributed by atoms with Crippen LogP contribution in [0.4, 0.5) is 0 Å². The van der Waals surface area contributed by atoms with Crippen LogP contribution >= 0.6 is 11.6 Å². The molecule has 0 radical (unpaired) electrons. The second kappa shape index (κ2) is 2.47. The maximum Gasteiger partial charge on any atom is 0.156 e. The third-order valence-electron chi connectivity index (χ3n) is 1.48. The van der Waals surface area contributed by atoms with Crippen molar-refractivity contribution in [2.75, 3.05) is 0 Å². The molecule has 0 aromatic carbocycles. The highest BCUT2D eigenvalue weighted by Gasteiger charge is 2.01. The van der Waals surface area contributed by atoms with Crippen LogP contribution in [0, 0.1) is 11.3 Å². The Morgan fingerprint density at radius 1 is 1.42 bits per heavy atom. The minimum atomic E-state index is 0.344. The Hall–Kier alpha value is -1.60. The van der Waals surface area contributed by atoms with E-state index in [4.69, 9.17) is 16.9 Å². The smallest absolute Gasteiger partial charge is 0.156 e. The van der Waals surface area contributed by atoms with Gasteiger partial charge in [-0.25, -0.2) is 9.97 Å². The lowest BCUT2D eigenvalue weighted by molar-refractivity contribution is 1.11. The Kier molecular flexibility index (Phi) is 1.45. The standard InChI is InChI=1S/C7H3ClN4/c8-6-4-12-5(1-9)2-11-7(12)3-10-6/h2-4H. The molecule has 0 saturated carbocycles. The number of nitrogens with zero attached hydrogens (tertiary/aromatic N) is 4. The zero-order chi connectivity index (χ0) is 8.55. The van der Waals surface area contributed by atoms with Crippen molar-refractivity contribution in [2.45, 2.75) is 0 Å². The number of fused-ring (bicyclic) bond motifs is 1. The molecule has 0 aliphatic carbocycles. The largest absolute Gasteiger partial charge is 0.287 e. The lowest BCUT2D eigenvalue weighted by atomic mass is 10.5. The topological polar surface area (TPSA) is 54.0 Å². The van der Waals surface area contributed by atoms with Crippen LogP contribution in [0.25, 0.3) is 5.65 Å². The molecule has 2 heterocycles. The number of halogens is 1. The molecule has 0 N–H and O–H groups in total. The summed E-state index contributed by atoms with van der Waals surface area (Å²) in [7, 11) is 0. The van der Waals surface area contributed by atoms with Crippen LogP contribution in [0.15, 0.2) is 18.6 Å². The Balaban J connectivity index is 2.86. The molecule has 0 bridgehead atoms. The molecule has 0 atom stereocenters. The van der Waals surface area contributed by atoms with Crippen LogP contribution in [0.3, 0.4) is 0 Å². The number of nitriles is 1. The van der Waals surface area contributed by atoms with Gasteiger partial charge in [-0.15, -0.1) is 0 Å². The summed E-state index contributed by atoms with van der Waals surface area (Å²) in [5, 5.41) is 8.99. The Morgan fingerprint density at radius 2 is 2.25 bits per heavy atom. The summed E-state index contributed by atoms with van der Waals surface area (Å²) < 4.78 is 1.59. The molecular formula is C7H3ClN4. The van der Waals surface area contributed by atoms with Gasteiger partial charge in [0.05, 0.1) is 12.4 Å². The molecule has 2 aromatic heterocycles. The van der Waals surface area contributed by atoms with E-state index in [1.54, 1.807) is 10.6 Å². The average Bonchev–Trinajstić information content (AvgIpc) is 2.46. The number of imidazole rings is 1. The van der Waals surface area contributed by atoms with Crippen molar-refractivity contribution >= 4 is 17.2 Å². The van der Waals surface area contributed by atoms with E-state index in [1.807, 2.05) is 6.07 Å². The van der Waals surface area contributed by atoms with E-state index < -0.39 is 0 Å². The van der Waals surface area contributed by atoms with Crippen molar-refractivity contribution in [3.05, 3.63) is 29.4 Å². The van der Waals surface area contributed by atoms with E-state index in [1.165, 1.54) is 12.4 Å². The zero-order valence-corrected chi connectivity index (χ0v) is 6.65. The molecule has 12 heavy (non-hydrogen) atoms. The SMILES string of the molecule is N#Cc1cnc2cnc(Cl)cn12. The summed E-state index contributed by atoms with van der Waals surface area (Å²) in [5.41, 5.74) is 1.07. The minimum Gasteiger partial charge on any atom is -0.287 e. The molecule has 4 nitrogen and oxygen atoms in total. The third-order valence-corrected chi connectivity index (χ3v) is 1.67. The lowest BCUT2D eigenvalue weighted by Gasteiger charge is -1.92. The van der Waals surface area contributed by atoms with Gasteiger partial charge in [0.1, 0.15) is 16.9 Å². The number of hydrogen-bond acceptors (Lipinski definition) is 3. The van der Waals surface area contributed by atoms with Crippen molar-refractivity contribution in [1.82, 2.24) is 14.4 Å². The average molecular weight is 179 g/mol. The van der Waals surface area contributed by atoms with Gasteiger partial charge in [-0.2, -0.15) is 5.26 Å². The van der Waals surface area contributed by atoms with Crippen molar-refractivity contribution < 1.29 is 0 Å². The first-order valence-electron chi connectivity index (χ1n) is 3.20. The molecule has 5 heteroatoms. The summed E-state index contributed by atoms with van der Waals surface area (Å²) in [6.45, 7) is 0. The molecule has 0 unspecified atom stereocenters. The second-order valence-corrected chi connectivity index (χ2v) is 2.58. The maximum atomic E-state index is 8.64. The molecular weight excluding hydrogens is 176 g/mol. The molecule has 2 rings (SSSR count). The molecule has 0 spiro atoms. The van der Waals surface area contributed by atoms with Crippen molar-refractivity contribution in [3.63, 3.8) is 0 Å². The van der Waals surface area contributed by atoms with Gasteiger partial charge in [-0.3, -0.25) is 4.40 Å². The normalized spacial score (nSPS) is 10.0. The van der Waals surface area contributed by atoms with Crippen molar-refractivity contribution in [2.24, 2.45) is 0 Å². The van der Waals surface area contributed by atoms with Crippen molar-refractivity contribution in [3.8, 4) is 6.07 Å². The Morgan fingerprint density at radius 3 is 3.00 bits per heavy atom. The van der Waals surface area contributed by atoms with Crippen LogP contribution < -0.4 is 0 Å². The predicted molar refractivity (Wildman–Crippen MR) is 42.7 cm³/mol. The number of hydrogen-bond donors (Lipinski definition) is 0. The van der Waals surface area contributed by atoms with Gasteiger partial charge in [-0.1, -0.05) is 11.6 Å². The van der Waals surface area contributed by atoms with Gasteiger partial charge >= 0.3 is 0 Å². The van der Waals surface area contributed by atoms with Gasteiger partial charge in [0.25, 0.3) is 0 Å². The van der Waals surface area contributed by atoms with E-state index in [9.17, 15) is 0 Å². The van der Waals surface area contributed by atoms with Crippen LogP contribution in [-0.4, -0.2) is 14.4 Å². The summed E-state index contributed by atoms with van der Waals surface area (Å²) in [6, 6.07) is 1.99. The van der Waals surface area contributed by atoms with Crippen LogP contribution in [0.2, 0.25) is 5.15 Å². The van der Waals surface area contributed by atoms with Gasteiger partial charge < -0.3 is 0 Å². The van der Waals surface area contributed by atoms with E-state index in [0.717, 1.165) is 0 Å². The summed E-state index contributed by atoms with van der Waals surface area (Å²) in [6.07, 6.45) is 4.55. The number of aromatic nitrogens is 3. The molecule has 2 aromatic rings. The van der Waals surface area contributed by atoms with Crippen LogP contribution in [0.1, 0.15) is 5.69 Å². The Bertz CT molecular complexity index is 468. The summed E-state index contributed by atoms with van der Waals surface area (Å²) in [4.78, 5) is 7.78. The highest BCUT2D eigenvalue weighted by Crippen LogP contribution is 2.08. The quantitative estimate of drug-likeness (QED) is 0.610. The molecule has 0 fully saturated rings. The lowest BCUT2D eigenvalue weighted by Crippen LogP contribution is -1.88. The first kappa shape index (κ1) is 7.07. The van der Waals surface area contributed by atoms with E-state index >= 15 is 0 Å². The molecule has 0 amide bonds. The van der Waals surface area contributed by atoms with Gasteiger partial charge in [-0.05, 0) is 0 Å². The highest BCUT2D eigenvalue weighted by atomic mass is 35.5. The first-order valence-corrected chi connectivity index (χ1v) is 3.58.